The highest BCUT2D eigenvalue weighted by Gasteiger charge is 2.41. The van der Waals surface area contributed by atoms with Crippen LogP contribution in [0.25, 0.3) is 6.08 Å². The molecule has 0 aromatic heterocycles. The van der Waals surface area contributed by atoms with Crippen molar-refractivity contribution < 1.29 is 28.6 Å². The van der Waals surface area contributed by atoms with Gasteiger partial charge in [-0.25, -0.2) is 4.79 Å². The summed E-state index contributed by atoms with van der Waals surface area (Å²) >= 11 is 6.96. The second kappa shape index (κ2) is 9.14. The van der Waals surface area contributed by atoms with Crippen molar-refractivity contribution in [2.75, 3.05) is 20.3 Å². The number of imide groups is 1. The van der Waals surface area contributed by atoms with E-state index in [2.05, 4.69) is 0 Å². The lowest BCUT2D eigenvalue weighted by atomic mass is 10.1. The number of amides is 2. The molecule has 146 valence electrons. The summed E-state index contributed by atoms with van der Waals surface area (Å²) in [6.45, 7) is 5.50. The van der Waals surface area contributed by atoms with Gasteiger partial charge < -0.3 is 14.2 Å². The fourth-order valence-corrected chi connectivity index (χ4v) is 3.67. The second-order valence-electron chi connectivity index (χ2n) is 5.45. The van der Waals surface area contributed by atoms with Gasteiger partial charge in [-0.2, -0.15) is 0 Å². The van der Waals surface area contributed by atoms with E-state index in [0.717, 1.165) is 16.7 Å². The molecule has 0 unspecified atom stereocenters. The van der Waals surface area contributed by atoms with Gasteiger partial charge in [0, 0.05) is 0 Å². The quantitative estimate of drug-likeness (QED) is 0.497. The molecule has 2 rings (SSSR count). The maximum atomic E-state index is 12.6. The van der Waals surface area contributed by atoms with Crippen LogP contribution in [0.1, 0.15) is 26.3 Å². The zero-order valence-corrected chi connectivity index (χ0v) is 17.0. The van der Waals surface area contributed by atoms with Gasteiger partial charge in [0.2, 0.25) is 0 Å². The van der Waals surface area contributed by atoms with Crippen molar-refractivity contribution in [2.24, 2.45) is 0 Å². The highest BCUT2D eigenvalue weighted by Crippen LogP contribution is 2.39. The summed E-state index contributed by atoms with van der Waals surface area (Å²) in [5, 5.41) is -0.217. The number of ether oxygens (including phenoxy) is 3. The molecule has 27 heavy (non-hydrogen) atoms. The number of rotatable bonds is 7. The predicted octanol–water partition coefficient (Wildman–Crippen LogP) is 3.74. The van der Waals surface area contributed by atoms with Crippen LogP contribution >= 0.6 is 23.4 Å². The summed E-state index contributed by atoms with van der Waals surface area (Å²) in [5.41, 5.74) is 0.568. The Morgan fingerprint density at radius 2 is 2.00 bits per heavy atom. The lowest BCUT2D eigenvalue weighted by Gasteiger charge is -2.19. The molecule has 0 radical (unpaired) electrons. The number of hydrogen-bond donors (Lipinski definition) is 0. The van der Waals surface area contributed by atoms with Crippen LogP contribution in [0.4, 0.5) is 4.79 Å². The molecule has 1 saturated heterocycles. The van der Waals surface area contributed by atoms with Crippen molar-refractivity contribution in [1.82, 2.24) is 4.90 Å². The van der Waals surface area contributed by atoms with Crippen molar-refractivity contribution in [3.63, 3.8) is 0 Å². The number of hydrogen-bond acceptors (Lipinski definition) is 7. The Hall–Kier alpha value is -2.19. The topological polar surface area (TPSA) is 82.1 Å². The minimum atomic E-state index is -0.998. The van der Waals surface area contributed by atoms with Crippen LogP contribution in [0, 0.1) is 0 Å². The molecule has 0 bridgehead atoms. The first-order valence-corrected chi connectivity index (χ1v) is 9.47. The first-order chi connectivity index (χ1) is 12.8. The van der Waals surface area contributed by atoms with Crippen LogP contribution in [0.2, 0.25) is 5.02 Å². The number of carbonyl (C=O) groups excluding carboxylic acids is 3. The Kier molecular flexibility index (Phi) is 7.15. The fraction of sp³-hybridized carbons (Fsp3) is 0.389. The van der Waals surface area contributed by atoms with Gasteiger partial charge in [-0.1, -0.05) is 11.6 Å². The molecule has 1 aliphatic heterocycles. The molecular formula is C18H20ClNO6S. The van der Waals surface area contributed by atoms with Crippen LogP contribution in [-0.4, -0.2) is 48.4 Å². The molecule has 1 aliphatic rings. The van der Waals surface area contributed by atoms with Crippen molar-refractivity contribution in [3.8, 4) is 11.5 Å². The Morgan fingerprint density at radius 3 is 2.59 bits per heavy atom. The standard InChI is InChI=1S/C18H20ClNO6S/c1-5-25-13-8-11(7-12(19)15(13)24-4)9-14-16(21)20(18(23)27-14)10(3)17(22)26-6-2/h7-10H,5-6H2,1-4H3/b14-9+/t10-/m0/s1. The summed E-state index contributed by atoms with van der Waals surface area (Å²) in [4.78, 5) is 37.8. The molecule has 1 aromatic rings. The normalized spacial score (nSPS) is 16.6. The van der Waals surface area contributed by atoms with E-state index < -0.39 is 23.2 Å². The van der Waals surface area contributed by atoms with Gasteiger partial charge in [-0.15, -0.1) is 0 Å². The molecule has 0 N–H and O–H groups in total. The van der Waals surface area contributed by atoms with E-state index in [0.29, 0.717) is 28.7 Å². The van der Waals surface area contributed by atoms with Gasteiger partial charge in [0.25, 0.3) is 11.1 Å². The van der Waals surface area contributed by atoms with Crippen LogP contribution in [-0.2, 0) is 14.3 Å². The van der Waals surface area contributed by atoms with E-state index in [-0.39, 0.29) is 11.5 Å². The van der Waals surface area contributed by atoms with Crippen molar-refractivity contribution in [1.29, 1.82) is 0 Å². The molecule has 1 atom stereocenters. The third kappa shape index (κ3) is 4.56. The molecule has 0 aliphatic carbocycles. The maximum Gasteiger partial charge on any atom is 0.329 e. The van der Waals surface area contributed by atoms with Crippen molar-refractivity contribution in [3.05, 3.63) is 27.6 Å². The average molecular weight is 414 g/mol. The summed E-state index contributed by atoms with van der Waals surface area (Å²) < 4.78 is 15.6. The predicted molar refractivity (Wildman–Crippen MR) is 103 cm³/mol. The minimum absolute atomic E-state index is 0.166. The Bertz CT molecular complexity index is 794. The number of esters is 1. The maximum absolute atomic E-state index is 12.6. The highest BCUT2D eigenvalue weighted by molar-refractivity contribution is 8.18. The zero-order valence-electron chi connectivity index (χ0n) is 15.4. The number of nitrogens with zero attached hydrogens (tertiary/aromatic N) is 1. The largest absolute Gasteiger partial charge is 0.491 e. The molecule has 1 heterocycles. The van der Waals surface area contributed by atoms with Crippen LogP contribution in [0.3, 0.4) is 0 Å². The third-order valence-corrected chi connectivity index (χ3v) is 4.84. The lowest BCUT2D eigenvalue weighted by molar-refractivity contribution is -0.150. The van der Waals surface area contributed by atoms with E-state index >= 15 is 0 Å². The van der Waals surface area contributed by atoms with Gasteiger partial charge in [0.15, 0.2) is 11.5 Å². The molecule has 0 saturated carbocycles. The Balaban J connectivity index is 2.34. The highest BCUT2D eigenvalue weighted by atomic mass is 35.5. The SMILES string of the molecule is CCOC(=O)[C@H](C)N1C(=O)S/C(=C/c2cc(Cl)c(OC)c(OCC)c2)C1=O. The Labute approximate surface area is 166 Å². The smallest absolute Gasteiger partial charge is 0.329 e. The summed E-state index contributed by atoms with van der Waals surface area (Å²) in [7, 11) is 1.48. The van der Waals surface area contributed by atoms with Crippen LogP contribution in [0.15, 0.2) is 17.0 Å². The van der Waals surface area contributed by atoms with Crippen molar-refractivity contribution in [2.45, 2.75) is 26.8 Å². The van der Waals surface area contributed by atoms with Gasteiger partial charge in [-0.3, -0.25) is 14.5 Å². The summed E-state index contributed by atoms with van der Waals surface area (Å²) in [6, 6.07) is 2.27. The molecule has 1 aromatic carbocycles. The lowest BCUT2D eigenvalue weighted by Crippen LogP contribution is -2.42. The van der Waals surface area contributed by atoms with Gasteiger partial charge in [-0.05, 0) is 56.3 Å². The van der Waals surface area contributed by atoms with Crippen molar-refractivity contribution >= 4 is 46.6 Å². The van der Waals surface area contributed by atoms with Gasteiger partial charge in [0.05, 0.1) is 30.3 Å². The number of benzene rings is 1. The zero-order chi connectivity index (χ0) is 20.1. The molecular weight excluding hydrogens is 394 g/mol. The molecule has 7 nitrogen and oxygen atoms in total. The second-order valence-corrected chi connectivity index (χ2v) is 6.85. The third-order valence-electron chi connectivity index (χ3n) is 3.67. The number of carbonyl (C=O) groups is 3. The average Bonchev–Trinajstić information content (AvgIpc) is 2.88. The van der Waals surface area contributed by atoms with E-state index in [1.54, 1.807) is 19.1 Å². The van der Waals surface area contributed by atoms with E-state index in [9.17, 15) is 14.4 Å². The molecule has 1 fully saturated rings. The summed E-state index contributed by atoms with van der Waals surface area (Å²) in [5.74, 6) is -0.375. The van der Waals surface area contributed by atoms with Crippen LogP contribution in [0.5, 0.6) is 11.5 Å². The number of halogens is 1. The Morgan fingerprint density at radius 1 is 1.30 bits per heavy atom. The van der Waals surface area contributed by atoms with Crippen LogP contribution < -0.4 is 9.47 Å². The van der Waals surface area contributed by atoms with Gasteiger partial charge >= 0.3 is 5.97 Å². The first-order valence-electron chi connectivity index (χ1n) is 8.28. The monoisotopic (exact) mass is 413 g/mol. The first kappa shape index (κ1) is 21.1. The molecule has 0 spiro atoms. The van der Waals surface area contributed by atoms with E-state index in [4.69, 9.17) is 25.8 Å². The summed E-state index contributed by atoms with van der Waals surface area (Å²) in [6.07, 6.45) is 1.52. The fourth-order valence-electron chi connectivity index (χ4n) is 2.47. The van der Waals surface area contributed by atoms with Gasteiger partial charge in [0.1, 0.15) is 6.04 Å². The minimum Gasteiger partial charge on any atom is -0.491 e. The number of methoxy groups -OCH3 is 1. The molecule has 2 amide bonds. The molecule has 9 heteroatoms. The number of thioether (sulfide) groups is 1. The van der Waals surface area contributed by atoms with E-state index in [1.807, 2.05) is 6.92 Å². The van der Waals surface area contributed by atoms with E-state index in [1.165, 1.54) is 20.1 Å².